The van der Waals surface area contributed by atoms with Crippen molar-refractivity contribution in [1.82, 2.24) is 15.5 Å². The number of amides is 1. The summed E-state index contributed by atoms with van der Waals surface area (Å²) in [4.78, 5) is 19.2. The summed E-state index contributed by atoms with van der Waals surface area (Å²) in [5.74, 6) is 0.882. The lowest BCUT2D eigenvalue weighted by molar-refractivity contribution is -0.125. The van der Waals surface area contributed by atoms with E-state index in [9.17, 15) is 4.79 Å². The van der Waals surface area contributed by atoms with Gasteiger partial charge in [0.05, 0.1) is 0 Å². The average Bonchev–Trinajstić information content (AvgIpc) is 3.25. The molecule has 2 aromatic rings. The number of nitrogens with zero attached hydrogens (tertiary/aromatic N) is 3. The van der Waals surface area contributed by atoms with E-state index in [1.54, 1.807) is 0 Å². The minimum atomic E-state index is 0.0744. The molecule has 154 valence electrons. The molecule has 0 unspecified atom stereocenters. The summed E-state index contributed by atoms with van der Waals surface area (Å²) < 4.78 is 5.50. The molecule has 2 aliphatic rings. The molecule has 0 bridgehead atoms. The second kappa shape index (κ2) is 9.25. The van der Waals surface area contributed by atoms with Gasteiger partial charge in [0, 0.05) is 31.1 Å². The van der Waals surface area contributed by atoms with Crippen molar-refractivity contribution in [1.29, 1.82) is 0 Å². The minimum Gasteiger partial charge on any atom is -0.356 e. The molecule has 1 aromatic heterocycles. The summed E-state index contributed by atoms with van der Waals surface area (Å²) in [5.41, 5.74) is 3.62. The number of nitrogens with one attached hydrogen (secondary N) is 1. The molecule has 4 rings (SSSR count). The Bertz CT molecular complexity index is 865. The number of carbonyl (C=O) groups excluding carboxylic acids is 1. The van der Waals surface area contributed by atoms with Gasteiger partial charge in [-0.05, 0) is 57.4 Å². The molecule has 1 fully saturated rings. The summed E-state index contributed by atoms with van der Waals surface area (Å²) in [7, 11) is 0. The zero-order valence-corrected chi connectivity index (χ0v) is 17.2. The number of piperidine rings is 1. The molecular weight excluding hydrogens is 364 g/mol. The molecular formula is C23H30N4O2. The van der Waals surface area contributed by atoms with Crippen molar-refractivity contribution in [3.63, 3.8) is 0 Å². The summed E-state index contributed by atoms with van der Waals surface area (Å²) >= 11 is 0. The molecule has 1 N–H and O–H groups in total. The van der Waals surface area contributed by atoms with Crippen molar-refractivity contribution < 1.29 is 9.32 Å². The average molecular weight is 395 g/mol. The first-order valence-corrected chi connectivity index (χ1v) is 10.8. The molecule has 6 heteroatoms. The highest BCUT2D eigenvalue weighted by Gasteiger charge is 2.27. The van der Waals surface area contributed by atoms with Crippen LogP contribution in [0, 0.1) is 12.8 Å². The molecule has 1 aliphatic carbocycles. The summed E-state index contributed by atoms with van der Waals surface area (Å²) in [5, 5.41) is 7.29. The smallest absolute Gasteiger partial charge is 0.324 e. The number of hydrogen-bond donors (Lipinski definition) is 1. The topological polar surface area (TPSA) is 71.3 Å². The summed E-state index contributed by atoms with van der Waals surface area (Å²) in [6.45, 7) is 4.33. The second-order valence-electron chi connectivity index (χ2n) is 8.13. The lowest BCUT2D eigenvalue weighted by Gasteiger charge is -2.29. The fourth-order valence-electron chi connectivity index (χ4n) is 4.23. The molecule has 29 heavy (non-hydrogen) atoms. The Balaban J connectivity index is 1.25. The second-order valence-corrected chi connectivity index (χ2v) is 8.13. The third-order valence-corrected chi connectivity index (χ3v) is 6.07. The molecule has 1 aliphatic heterocycles. The minimum absolute atomic E-state index is 0.0744. The van der Waals surface area contributed by atoms with Gasteiger partial charge in [-0.2, -0.15) is 4.98 Å². The van der Waals surface area contributed by atoms with Crippen LogP contribution >= 0.6 is 0 Å². The normalized spacial score (nSPS) is 17.8. The van der Waals surface area contributed by atoms with Gasteiger partial charge in [-0.3, -0.25) is 4.79 Å². The molecule has 1 amide bonds. The molecule has 0 atom stereocenters. The fraction of sp³-hybridized carbons (Fsp3) is 0.522. The lowest BCUT2D eigenvalue weighted by Crippen LogP contribution is -2.41. The van der Waals surface area contributed by atoms with Gasteiger partial charge in [0.2, 0.25) is 11.7 Å². The van der Waals surface area contributed by atoms with Crippen LogP contribution in [0.1, 0.15) is 50.5 Å². The van der Waals surface area contributed by atoms with Gasteiger partial charge in [0.15, 0.2) is 0 Å². The number of aromatic nitrogens is 2. The van der Waals surface area contributed by atoms with Gasteiger partial charge >= 0.3 is 6.01 Å². The van der Waals surface area contributed by atoms with Crippen LogP contribution in [0.2, 0.25) is 0 Å². The van der Waals surface area contributed by atoms with Crippen molar-refractivity contribution in [3.8, 4) is 11.4 Å². The SMILES string of the molecule is Cc1ccccc1-c1noc(N2CCC(C(=O)NCCC3=CCCCC3)CC2)n1. The highest BCUT2D eigenvalue weighted by atomic mass is 16.5. The van der Waals surface area contributed by atoms with Crippen molar-refractivity contribution in [2.45, 2.75) is 51.9 Å². The van der Waals surface area contributed by atoms with Gasteiger partial charge in [-0.25, -0.2) is 0 Å². The van der Waals surface area contributed by atoms with Gasteiger partial charge < -0.3 is 14.7 Å². The molecule has 1 aromatic carbocycles. The number of anilines is 1. The van der Waals surface area contributed by atoms with Crippen LogP contribution in [0.5, 0.6) is 0 Å². The van der Waals surface area contributed by atoms with E-state index < -0.39 is 0 Å². The number of hydrogen-bond acceptors (Lipinski definition) is 5. The van der Waals surface area contributed by atoms with Gasteiger partial charge in [0.1, 0.15) is 0 Å². The van der Waals surface area contributed by atoms with Crippen LogP contribution < -0.4 is 10.2 Å². The molecule has 0 saturated carbocycles. The Morgan fingerprint density at radius 2 is 2.07 bits per heavy atom. The van der Waals surface area contributed by atoms with Crippen LogP contribution in [0.4, 0.5) is 6.01 Å². The van der Waals surface area contributed by atoms with Gasteiger partial charge in [-0.1, -0.05) is 41.1 Å². The maximum absolute atomic E-state index is 12.5. The highest BCUT2D eigenvalue weighted by Crippen LogP contribution is 2.26. The zero-order chi connectivity index (χ0) is 20.1. The highest BCUT2D eigenvalue weighted by molar-refractivity contribution is 5.79. The number of carbonyl (C=O) groups is 1. The van der Waals surface area contributed by atoms with Crippen molar-refractivity contribution in [3.05, 3.63) is 41.5 Å². The van der Waals surface area contributed by atoms with E-state index in [0.29, 0.717) is 11.8 Å². The molecule has 6 nitrogen and oxygen atoms in total. The van der Waals surface area contributed by atoms with E-state index in [1.807, 2.05) is 31.2 Å². The maximum atomic E-state index is 12.5. The number of benzene rings is 1. The first-order chi connectivity index (χ1) is 14.2. The molecule has 2 heterocycles. The van der Waals surface area contributed by atoms with E-state index in [4.69, 9.17) is 4.52 Å². The Morgan fingerprint density at radius 1 is 1.24 bits per heavy atom. The standard InChI is InChI=1S/C23H30N4O2/c1-17-7-5-6-10-20(17)21-25-23(29-26-21)27-15-12-19(13-16-27)22(28)24-14-11-18-8-3-2-4-9-18/h5-8,10,19H,2-4,9,11-16H2,1H3,(H,24,28). The first-order valence-electron chi connectivity index (χ1n) is 10.8. The van der Waals surface area contributed by atoms with E-state index in [0.717, 1.165) is 50.0 Å². The summed E-state index contributed by atoms with van der Waals surface area (Å²) in [6.07, 6.45) is 9.97. The maximum Gasteiger partial charge on any atom is 0.324 e. The Morgan fingerprint density at radius 3 is 2.83 bits per heavy atom. The van der Waals surface area contributed by atoms with E-state index in [-0.39, 0.29) is 11.8 Å². The number of aryl methyl sites for hydroxylation is 1. The lowest BCUT2D eigenvalue weighted by atomic mass is 9.95. The van der Waals surface area contributed by atoms with Crippen LogP contribution in [-0.4, -0.2) is 35.7 Å². The largest absolute Gasteiger partial charge is 0.356 e. The van der Waals surface area contributed by atoms with Crippen molar-refractivity contribution in [2.24, 2.45) is 5.92 Å². The molecule has 1 saturated heterocycles. The van der Waals surface area contributed by atoms with E-state index >= 15 is 0 Å². The number of rotatable bonds is 6. The van der Waals surface area contributed by atoms with E-state index in [2.05, 4.69) is 26.4 Å². The van der Waals surface area contributed by atoms with Crippen LogP contribution in [0.3, 0.4) is 0 Å². The van der Waals surface area contributed by atoms with Crippen molar-refractivity contribution in [2.75, 3.05) is 24.5 Å². The predicted octanol–water partition coefficient (Wildman–Crippen LogP) is 4.27. The zero-order valence-electron chi connectivity index (χ0n) is 17.2. The third-order valence-electron chi connectivity index (χ3n) is 6.07. The predicted molar refractivity (Wildman–Crippen MR) is 114 cm³/mol. The Hall–Kier alpha value is -2.63. The fourth-order valence-corrected chi connectivity index (χ4v) is 4.23. The van der Waals surface area contributed by atoms with Gasteiger partial charge in [0.25, 0.3) is 0 Å². The van der Waals surface area contributed by atoms with Crippen molar-refractivity contribution >= 4 is 11.9 Å². The quantitative estimate of drug-likeness (QED) is 0.741. The monoisotopic (exact) mass is 394 g/mol. The first kappa shape index (κ1) is 19.7. The molecule has 0 spiro atoms. The summed E-state index contributed by atoms with van der Waals surface area (Å²) in [6, 6.07) is 8.57. The van der Waals surface area contributed by atoms with Gasteiger partial charge in [-0.15, -0.1) is 0 Å². The third kappa shape index (κ3) is 4.86. The Labute approximate surface area is 172 Å². The van der Waals surface area contributed by atoms with Crippen LogP contribution in [0.15, 0.2) is 40.4 Å². The molecule has 0 radical (unpaired) electrons. The van der Waals surface area contributed by atoms with E-state index in [1.165, 1.54) is 31.3 Å². The Kier molecular flexibility index (Phi) is 6.27. The van der Waals surface area contributed by atoms with Crippen LogP contribution in [-0.2, 0) is 4.79 Å². The number of allylic oxidation sites excluding steroid dienone is 1. The van der Waals surface area contributed by atoms with Crippen LogP contribution in [0.25, 0.3) is 11.4 Å².